The molecule has 9 heteroatoms. The number of nitro benzene ring substituents is 1. The van der Waals surface area contributed by atoms with Gasteiger partial charge in [0.25, 0.3) is 11.6 Å². The number of carbonyl (C=O) groups is 3. The van der Waals surface area contributed by atoms with Gasteiger partial charge in [-0.2, -0.15) is 0 Å². The second-order valence-electron chi connectivity index (χ2n) is 5.31. The molecule has 24 heavy (non-hydrogen) atoms. The maximum absolute atomic E-state index is 12.6. The minimum absolute atomic E-state index is 0.0256. The molecule has 0 aliphatic heterocycles. The van der Waals surface area contributed by atoms with Gasteiger partial charge in [-0.3, -0.25) is 19.7 Å². The first-order chi connectivity index (χ1) is 11.1. The Morgan fingerprint density at radius 2 is 1.96 bits per heavy atom. The highest BCUT2D eigenvalue weighted by molar-refractivity contribution is 5.97. The van der Waals surface area contributed by atoms with E-state index in [-0.39, 0.29) is 30.2 Å². The highest BCUT2D eigenvalue weighted by Gasteiger charge is 2.27. The Morgan fingerprint density at radius 1 is 1.33 bits per heavy atom. The van der Waals surface area contributed by atoms with Crippen LogP contribution in [0.5, 0.6) is 0 Å². The Labute approximate surface area is 138 Å². The average molecular weight is 337 g/mol. The zero-order chi connectivity index (χ0) is 18.4. The molecule has 1 rings (SSSR count). The topological polar surface area (TPSA) is 130 Å². The SMILES string of the molecule is CC(=O)NCCN(C(=O)c1cc(C)cc([N+](=O)[O-])c1)C(C)C(=O)O. The van der Waals surface area contributed by atoms with E-state index in [2.05, 4.69) is 5.32 Å². The lowest BCUT2D eigenvalue weighted by atomic mass is 10.1. The van der Waals surface area contributed by atoms with Crippen LogP contribution in [0.15, 0.2) is 18.2 Å². The summed E-state index contributed by atoms with van der Waals surface area (Å²) in [5.74, 6) is -2.17. The Morgan fingerprint density at radius 3 is 2.46 bits per heavy atom. The van der Waals surface area contributed by atoms with Crippen LogP contribution in [0.25, 0.3) is 0 Å². The third-order valence-corrected chi connectivity index (χ3v) is 3.33. The van der Waals surface area contributed by atoms with Crippen LogP contribution in [0, 0.1) is 17.0 Å². The lowest BCUT2D eigenvalue weighted by Gasteiger charge is -2.26. The molecule has 1 aromatic rings. The number of nitrogens with one attached hydrogen (secondary N) is 1. The average Bonchev–Trinajstić information content (AvgIpc) is 2.49. The molecule has 2 amide bonds. The maximum Gasteiger partial charge on any atom is 0.326 e. The Kier molecular flexibility index (Phi) is 6.39. The summed E-state index contributed by atoms with van der Waals surface area (Å²) in [6.07, 6.45) is 0. The van der Waals surface area contributed by atoms with Crippen LogP contribution in [0.3, 0.4) is 0 Å². The summed E-state index contributed by atoms with van der Waals surface area (Å²) in [4.78, 5) is 46.1. The molecule has 0 fully saturated rings. The van der Waals surface area contributed by atoms with E-state index >= 15 is 0 Å². The number of nitrogens with zero attached hydrogens (tertiary/aromatic N) is 2. The van der Waals surface area contributed by atoms with Gasteiger partial charge in [0, 0.05) is 37.7 Å². The molecule has 1 atom stereocenters. The zero-order valence-corrected chi connectivity index (χ0v) is 13.6. The van der Waals surface area contributed by atoms with Crippen LogP contribution in [0.2, 0.25) is 0 Å². The van der Waals surface area contributed by atoms with Crippen LogP contribution < -0.4 is 5.32 Å². The Hall–Kier alpha value is -2.97. The molecule has 0 saturated heterocycles. The summed E-state index contributed by atoms with van der Waals surface area (Å²) >= 11 is 0. The molecule has 130 valence electrons. The van der Waals surface area contributed by atoms with Gasteiger partial charge < -0.3 is 15.3 Å². The summed E-state index contributed by atoms with van der Waals surface area (Å²) in [5, 5.41) is 22.6. The van der Waals surface area contributed by atoms with Crippen molar-refractivity contribution in [3.05, 3.63) is 39.4 Å². The predicted octanol–water partition coefficient (Wildman–Crippen LogP) is 0.955. The number of aliphatic carboxylic acids is 1. The van der Waals surface area contributed by atoms with Gasteiger partial charge in [-0.05, 0) is 25.5 Å². The van der Waals surface area contributed by atoms with Gasteiger partial charge in [0.05, 0.1) is 4.92 Å². The van der Waals surface area contributed by atoms with Crippen LogP contribution in [0.1, 0.15) is 29.8 Å². The van der Waals surface area contributed by atoms with Gasteiger partial charge in [-0.1, -0.05) is 0 Å². The largest absolute Gasteiger partial charge is 0.480 e. The minimum atomic E-state index is -1.21. The molecule has 0 aromatic heterocycles. The van der Waals surface area contributed by atoms with E-state index in [1.165, 1.54) is 26.0 Å². The standard InChI is InChI=1S/C15H19N3O6/c1-9-6-12(8-13(7-9)18(23)24)14(20)17(10(2)15(21)22)5-4-16-11(3)19/h6-8,10H,4-5H2,1-3H3,(H,16,19)(H,21,22). The van der Waals surface area contributed by atoms with E-state index < -0.39 is 22.8 Å². The number of aryl methyl sites for hydroxylation is 1. The van der Waals surface area contributed by atoms with Crippen molar-refractivity contribution in [1.82, 2.24) is 10.2 Å². The molecule has 0 aliphatic carbocycles. The van der Waals surface area contributed by atoms with E-state index in [9.17, 15) is 24.5 Å². The normalized spacial score (nSPS) is 11.5. The molecular weight excluding hydrogens is 318 g/mol. The van der Waals surface area contributed by atoms with Crippen LogP contribution in [-0.2, 0) is 9.59 Å². The number of nitro groups is 1. The van der Waals surface area contributed by atoms with Crippen molar-refractivity contribution in [3.63, 3.8) is 0 Å². The van der Waals surface area contributed by atoms with Crippen LogP contribution >= 0.6 is 0 Å². The van der Waals surface area contributed by atoms with E-state index in [0.717, 1.165) is 11.0 Å². The van der Waals surface area contributed by atoms with Gasteiger partial charge in [0.1, 0.15) is 6.04 Å². The van der Waals surface area contributed by atoms with Crippen molar-refractivity contribution in [2.75, 3.05) is 13.1 Å². The smallest absolute Gasteiger partial charge is 0.326 e. The highest BCUT2D eigenvalue weighted by atomic mass is 16.6. The Balaban J connectivity index is 3.12. The number of rotatable bonds is 7. The van der Waals surface area contributed by atoms with Crippen molar-refractivity contribution >= 4 is 23.5 Å². The summed E-state index contributed by atoms with van der Waals surface area (Å²) < 4.78 is 0. The fourth-order valence-electron chi connectivity index (χ4n) is 2.11. The van der Waals surface area contributed by atoms with Crippen molar-refractivity contribution in [2.45, 2.75) is 26.8 Å². The molecule has 9 nitrogen and oxygen atoms in total. The molecule has 0 aliphatic rings. The molecular formula is C15H19N3O6. The van der Waals surface area contributed by atoms with Gasteiger partial charge in [0.15, 0.2) is 0 Å². The number of amides is 2. The van der Waals surface area contributed by atoms with Gasteiger partial charge in [-0.25, -0.2) is 4.79 Å². The molecule has 1 aromatic carbocycles. The van der Waals surface area contributed by atoms with E-state index in [4.69, 9.17) is 5.11 Å². The fraction of sp³-hybridized carbons (Fsp3) is 0.400. The van der Waals surface area contributed by atoms with Gasteiger partial charge in [-0.15, -0.1) is 0 Å². The van der Waals surface area contributed by atoms with E-state index in [0.29, 0.717) is 5.56 Å². The van der Waals surface area contributed by atoms with Crippen molar-refractivity contribution in [1.29, 1.82) is 0 Å². The number of carbonyl (C=O) groups excluding carboxylic acids is 2. The number of hydrogen-bond donors (Lipinski definition) is 2. The number of carboxylic acids is 1. The van der Waals surface area contributed by atoms with Crippen molar-refractivity contribution in [3.8, 4) is 0 Å². The molecule has 0 heterocycles. The lowest BCUT2D eigenvalue weighted by Crippen LogP contribution is -2.46. The number of non-ortho nitro benzene ring substituents is 1. The maximum atomic E-state index is 12.6. The lowest BCUT2D eigenvalue weighted by molar-refractivity contribution is -0.384. The van der Waals surface area contributed by atoms with E-state index in [1.807, 2.05) is 0 Å². The van der Waals surface area contributed by atoms with E-state index in [1.54, 1.807) is 6.92 Å². The predicted molar refractivity (Wildman–Crippen MR) is 84.7 cm³/mol. The summed E-state index contributed by atoms with van der Waals surface area (Å²) in [7, 11) is 0. The molecule has 0 bridgehead atoms. The first kappa shape index (κ1) is 19.1. The molecule has 2 N–H and O–H groups in total. The van der Waals surface area contributed by atoms with Crippen molar-refractivity contribution in [2.24, 2.45) is 0 Å². The minimum Gasteiger partial charge on any atom is -0.480 e. The molecule has 1 unspecified atom stereocenters. The summed E-state index contributed by atoms with van der Waals surface area (Å²) in [5.41, 5.74) is 0.290. The first-order valence-corrected chi connectivity index (χ1v) is 7.17. The quantitative estimate of drug-likeness (QED) is 0.563. The fourth-order valence-corrected chi connectivity index (χ4v) is 2.11. The number of benzene rings is 1. The van der Waals surface area contributed by atoms with Gasteiger partial charge in [0.2, 0.25) is 5.91 Å². The molecule has 0 spiro atoms. The number of hydrogen-bond acceptors (Lipinski definition) is 5. The third-order valence-electron chi connectivity index (χ3n) is 3.33. The molecule has 0 saturated carbocycles. The first-order valence-electron chi connectivity index (χ1n) is 7.17. The van der Waals surface area contributed by atoms with Crippen LogP contribution in [0.4, 0.5) is 5.69 Å². The third kappa shape index (κ3) is 5.04. The highest BCUT2D eigenvalue weighted by Crippen LogP contribution is 2.19. The van der Waals surface area contributed by atoms with Crippen molar-refractivity contribution < 1.29 is 24.4 Å². The zero-order valence-electron chi connectivity index (χ0n) is 13.6. The summed E-state index contributed by atoms with van der Waals surface area (Å²) in [6, 6.07) is 2.73. The Bertz CT molecular complexity index is 673. The second kappa shape index (κ2) is 8.04. The molecule has 0 radical (unpaired) electrons. The number of carboxylic acid groups (broad SMARTS) is 1. The monoisotopic (exact) mass is 337 g/mol. The summed E-state index contributed by atoms with van der Waals surface area (Å²) in [6.45, 7) is 4.28. The van der Waals surface area contributed by atoms with Crippen LogP contribution in [-0.4, -0.2) is 51.8 Å². The second-order valence-corrected chi connectivity index (χ2v) is 5.31. The van der Waals surface area contributed by atoms with Gasteiger partial charge >= 0.3 is 5.97 Å².